The van der Waals surface area contributed by atoms with Crippen molar-refractivity contribution in [3.8, 4) is 0 Å². The van der Waals surface area contributed by atoms with E-state index in [1.807, 2.05) is 42.5 Å². The minimum atomic E-state index is 0.00987. The van der Waals surface area contributed by atoms with E-state index in [-0.39, 0.29) is 11.8 Å². The number of carbonyl (C=O) groups excluding carboxylic acids is 1. The Labute approximate surface area is 142 Å². The predicted octanol–water partition coefficient (Wildman–Crippen LogP) is 3.06. The lowest BCUT2D eigenvalue weighted by Gasteiger charge is -2.10. The molecule has 4 nitrogen and oxygen atoms in total. The van der Waals surface area contributed by atoms with Crippen LogP contribution < -0.4 is 5.32 Å². The SMILES string of the molecule is O=C(NCc1ccc(COCc2ccccc2)cc1)C1CCOC1. The maximum atomic E-state index is 12.0. The fraction of sp³-hybridized carbons (Fsp3) is 0.350. The number of nitrogens with one attached hydrogen (secondary N) is 1. The number of benzene rings is 2. The van der Waals surface area contributed by atoms with Crippen molar-refractivity contribution in [2.45, 2.75) is 26.2 Å². The quantitative estimate of drug-likeness (QED) is 0.851. The highest BCUT2D eigenvalue weighted by Gasteiger charge is 2.22. The van der Waals surface area contributed by atoms with E-state index in [1.54, 1.807) is 0 Å². The molecule has 0 aromatic heterocycles. The van der Waals surface area contributed by atoms with Gasteiger partial charge in [-0.15, -0.1) is 0 Å². The lowest BCUT2D eigenvalue weighted by atomic mass is 10.1. The van der Waals surface area contributed by atoms with Crippen LogP contribution >= 0.6 is 0 Å². The standard InChI is InChI=1S/C20H23NO3/c22-20(19-10-11-23-15-19)21-12-16-6-8-18(9-7-16)14-24-13-17-4-2-1-3-5-17/h1-9,19H,10-15H2,(H,21,22). The lowest BCUT2D eigenvalue weighted by Crippen LogP contribution is -2.30. The van der Waals surface area contributed by atoms with Gasteiger partial charge in [-0.1, -0.05) is 54.6 Å². The average molecular weight is 325 g/mol. The molecule has 126 valence electrons. The average Bonchev–Trinajstić information content (AvgIpc) is 3.16. The van der Waals surface area contributed by atoms with Crippen molar-refractivity contribution in [1.82, 2.24) is 5.32 Å². The first-order chi connectivity index (χ1) is 11.8. The van der Waals surface area contributed by atoms with Gasteiger partial charge in [0.05, 0.1) is 25.7 Å². The van der Waals surface area contributed by atoms with Crippen molar-refractivity contribution in [2.24, 2.45) is 5.92 Å². The van der Waals surface area contributed by atoms with Crippen molar-refractivity contribution >= 4 is 5.91 Å². The maximum absolute atomic E-state index is 12.0. The van der Waals surface area contributed by atoms with Gasteiger partial charge in [0.1, 0.15) is 0 Å². The number of hydrogen-bond donors (Lipinski definition) is 1. The molecule has 0 spiro atoms. The van der Waals surface area contributed by atoms with Crippen LogP contribution in [0.15, 0.2) is 54.6 Å². The van der Waals surface area contributed by atoms with E-state index in [4.69, 9.17) is 9.47 Å². The van der Waals surface area contributed by atoms with E-state index in [9.17, 15) is 4.79 Å². The van der Waals surface area contributed by atoms with E-state index in [0.717, 1.165) is 17.5 Å². The van der Waals surface area contributed by atoms with Crippen molar-refractivity contribution < 1.29 is 14.3 Å². The fourth-order valence-electron chi connectivity index (χ4n) is 2.69. The Balaban J connectivity index is 1.40. The Morgan fingerprint density at radius 2 is 1.67 bits per heavy atom. The molecule has 2 aromatic carbocycles. The fourth-order valence-corrected chi connectivity index (χ4v) is 2.69. The van der Waals surface area contributed by atoms with Crippen LogP contribution in [-0.2, 0) is 34.0 Å². The molecule has 1 saturated heterocycles. The van der Waals surface area contributed by atoms with Crippen LogP contribution in [-0.4, -0.2) is 19.1 Å². The van der Waals surface area contributed by atoms with E-state index >= 15 is 0 Å². The van der Waals surface area contributed by atoms with Crippen LogP contribution in [0.1, 0.15) is 23.1 Å². The van der Waals surface area contributed by atoms with Gasteiger partial charge in [0.15, 0.2) is 0 Å². The van der Waals surface area contributed by atoms with E-state index in [1.165, 1.54) is 5.56 Å². The number of amides is 1. The second kappa shape index (κ2) is 8.62. The van der Waals surface area contributed by atoms with Gasteiger partial charge in [-0.25, -0.2) is 0 Å². The molecule has 1 heterocycles. The molecule has 0 saturated carbocycles. The van der Waals surface area contributed by atoms with Crippen LogP contribution in [0, 0.1) is 5.92 Å². The summed E-state index contributed by atoms with van der Waals surface area (Å²) in [6, 6.07) is 18.3. The highest BCUT2D eigenvalue weighted by atomic mass is 16.5. The molecular weight excluding hydrogens is 302 g/mol. The first-order valence-corrected chi connectivity index (χ1v) is 8.36. The Kier molecular flexibility index (Phi) is 5.99. The topological polar surface area (TPSA) is 47.6 Å². The Hall–Kier alpha value is -2.17. The van der Waals surface area contributed by atoms with Gasteiger partial charge in [-0.3, -0.25) is 4.79 Å². The Morgan fingerprint density at radius 1 is 1.00 bits per heavy atom. The molecule has 1 fully saturated rings. The zero-order valence-electron chi connectivity index (χ0n) is 13.7. The molecule has 1 aliphatic heterocycles. The van der Waals surface area contributed by atoms with Gasteiger partial charge in [0.25, 0.3) is 0 Å². The molecule has 0 bridgehead atoms. The van der Waals surface area contributed by atoms with Crippen LogP contribution in [0.25, 0.3) is 0 Å². The number of carbonyl (C=O) groups is 1. The maximum Gasteiger partial charge on any atom is 0.225 e. The van der Waals surface area contributed by atoms with E-state index in [2.05, 4.69) is 17.4 Å². The zero-order valence-corrected chi connectivity index (χ0v) is 13.7. The third kappa shape index (κ3) is 4.91. The Morgan fingerprint density at radius 3 is 2.33 bits per heavy atom. The first-order valence-electron chi connectivity index (χ1n) is 8.36. The normalized spacial score (nSPS) is 16.9. The molecular formula is C20H23NO3. The van der Waals surface area contributed by atoms with Crippen molar-refractivity contribution in [3.05, 3.63) is 71.3 Å². The van der Waals surface area contributed by atoms with Gasteiger partial charge in [0.2, 0.25) is 5.91 Å². The molecule has 0 radical (unpaired) electrons. The smallest absolute Gasteiger partial charge is 0.225 e. The van der Waals surface area contributed by atoms with Gasteiger partial charge in [-0.2, -0.15) is 0 Å². The zero-order chi connectivity index (χ0) is 16.6. The second-order valence-electron chi connectivity index (χ2n) is 6.07. The predicted molar refractivity (Wildman–Crippen MR) is 92.1 cm³/mol. The van der Waals surface area contributed by atoms with E-state index < -0.39 is 0 Å². The number of rotatable bonds is 7. The summed E-state index contributed by atoms with van der Waals surface area (Å²) < 4.78 is 11.0. The van der Waals surface area contributed by atoms with E-state index in [0.29, 0.717) is 33.0 Å². The molecule has 0 aliphatic carbocycles. The third-order valence-electron chi connectivity index (χ3n) is 4.17. The van der Waals surface area contributed by atoms with Gasteiger partial charge < -0.3 is 14.8 Å². The van der Waals surface area contributed by atoms with Crippen molar-refractivity contribution in [1.29, 1.82) is 0 Å². The third-order valence-corrected chi connectivity index (χ3v) is 4.17. The molecule has 1 N–H and O–H groups in total. The second-order valence-corrected chi connectivity index (χ2v) is 6.07. The summed E-state index contributed by atoms with van der Waals surface area (Å²) in [5.41, 5.74) is 3.40. The summed E-state index contributed by atoms with van der Waals surface area (Å²) >= 11 is 0. The van der Waals surface area contributed by atoms with Crippen LogP contribution in [0.5, 0.6) is 0 Å². The molecule has 24 heavy (non-hydrogen) atoms. The minimum absolute atomic E-state index is 0.00987. The van der Waals surface area contributed by atoms with Crippen molar-refractivity contribution in [3.63, 3.8) is 0 Å². The summed E-state index contributed by atoms with van der Waals surface area (Å²) in [6.45, 7) is 2.99. The summed E-state index contributed by atoms with van der Waals surface area (Å²) in [6.07, 6.45) is 0.823. The molecule has 2 aromatic rings. The number of ether oxygens (including phenoxy) is 2. The summed E-state index contributed by atoms with van der Waals surface area (Å²) in [4.78, 5) is 12.0. The molecule has 1 atom stereocenters. The van der Waals surface area contributed by atoms with Crippen molar-refractivity contribution in [2.75, 3.05) is 13.2 Å². The highest BCUT2D eigenvalue weighted by Crippen LogP contribution is 2.13. The minimum Gasteiger partial charge on any atom is -0.381 e. The Bertz CT molecular complexity index is 634. The monoisotopic (exact) mass is 325 g/mol. The first kappa shape index (κ1) is 16.7. The van der Waals surface area contributed by atoms with Crippen LogP contribution in [0.3, 0.4) is 0 Å². The lowest BCUT2D eigenvalue weighted by molar-refractivity contribution is -0.125. The van der Waals surface area contributed by atoms with Gasteiger partial charge in [0, 0.05) is 13.2 Å². The summed E-state index contributed by atoms with van der Waals surface area (Å²) in [5, 5.41) is 2.97. The largest absolute Gasteiger partial charge is 0.381 e. The summed E-state index contributed by atoms with van der Waals surface area (Å²) in [7, 11) is 0. The molecule has 1 unspecified atom stereocenters. The molecule has 1 amide bonds. The molecule has 1 aliphatic rings. The van der Waals surface area contributed by atoms with Crippen LogP contribution in [0.4, 0.5) is 0 Å². The molecule has 4 heteroatoms. The summed E-state index contributed by atoms with van der Waals surface area (Å²) in [5.74, 6) is 0.0958. The highest BCUT2D eigenvalue weighted by molar-refractivity contribution is 5.78. The van der Waals surface area contributed by atoms with Gasteiger partial charge >= 0.3 is 0 Å². The van der Waals surface area contributed by atoms with Crippen LogP contribution in [0.2, 0.25) is 0 Å². The number of hydrogen-bond acceptors (Lipinski definition) is 3. The molecule has 3 rings (SSSR count). The van der Waals surface area contributed by atoms with Gasteiger partial charge in [-0.05, 0) is 23.1 Å².